The first-order valence-electron chi connectivity index (χ1n) is 7.11. The fourth-order valence-electron chi connectivity index (χ4n) is 2.24. The SMILES string of the molecule is O=C(O)C[C@H](Cc1cc(F)c(F)cc1F)NS(=O)(=O)c1ccccc1. The second kappa shape index (κ2) is 7.66. The van der Waals surface area contributed by atoms with E-state index in [4.69, 9.17) is 5.11 Å². The van der Waals surface area contributed by atoms with Crippen molar-refractivity contribution in [2.75, 3.05) is 0 Å². The van der Waals surface area contributed by atoms with Crippen molar-refractivity contribution in [3.63, 3.8) is 0 Å². The minimum absolute atomic E-state index is 0.101. The zero-order chi connectivity index (χ0) is 18.6. The van der Waals surface area contributed by atoms with E-state index in [0.29, 0.717) is 12.1 Å². The Labute approximate surface area is 142 Å². The average molecular weight is 373 g/mol. The van der Waals surface area contributed by atoms with Gasteiger partial charge in [0.25, 0.3) is 0 Å². The third kappa shape index (κ3) is 5.04. The molecule has 0 heterocycles. The van der Waals surface area contributed by atoms with Crippen LogP contribution in [0.2, 0.25) is 0 Å². The molecule has 2 rings (SSSR count). The molecular formula is C16H14F3NO4S. The molecular weight excluding hydrogens is 359 g/mol. The summed E-state index contributed by atoms with van der Waals surface area (Å²) < 4.78 is 66.7. The van der Waals surface area contributed by atoms with Gasteiger partial charge in [-0.05, 0) is 30.2 Å². The summed E-state index contributed by atoms with van der Waals surface area (Å²) in [5.41, 5.74) is -0.332. The van der Waals surface area contributed by atoms with Crippen LogP contribution in [0.3, 0.4) is 0 Å². The zero-order valence-corrected chi connectivity index (χ0v) is 13.6. The van der Waals surface area contributed by atoms with Gasteiger partial charge >= 0.3 is 5.97 Å². The van der Waals surface area contributed by atoms with Crippen LogP contribution in [0.1, 0.15) is 12.0 Å². The summed E-state index contributed by atoms with van der Waals surface area (Å²) in [6.45, 7) is 0. The lowest BCUT2D eigenvalue weighted by Crippen LogP contribution is -2.38. The summed E-state index contributed by atoms with van der Waals surface area (Å²) >= 11 is 0. The Morgan fingerprint density at radius 1 is 1.04 bits per heavy atom. The van der Waals surface area contributed by atoms with Gasteiger partial charge in [-0.15, -0.1) is 0 Å². The number of nitrogens with one attached hydrogen (secondary N) is 1. The fourth-order valence-corrected chi connectivity index (χ4v) is 3.50. The molecule has 25 heavy (non-hydrogen) atoms. The Bertz CT molecular complexity index is 872. The number of hydrogen-bond donors (Lipinski definition) is 2. The summed E-state index contributed by atoms with van der Waals surface area (Å²) in [4.78, 5) is 10.9. The van der Waals surface area contributed by atoms with Gasteiger partial charge in [0.15, 0.2) is 11.6 Å². The quantitative estimate of drug-likeness (QED) is 0.731. The monoisotopic (exact) mass is 373 g/mol. The summed E-state index contributed by atoms with van der Waals surface area (Å²) in [5, 5.41) is 8.93. The molecule has 1 atom stereocenters. The van der Waals surface area contributed by atoms with Crippen LogP contribution in [0.5, 0.6) is 0 Å². The van der Waals surface area contributed by atoms with Crippen LogP contribution in [-0.2, 0) is 21.2 Å². The van der Waals surface area contributed by atoms with E-state index in [9.17, 15) is 26.4 Å². The Hall–Kier alpha value is -2.39. The number of carboxylic acid groups (broad SMARTS) is 1. The van der Waals surface area contributed by atoms with Gasteiger partial charge < -0.3 is 5.11 Å². The Balaban J connectivity index is 2.28. The molecule has 0 aliphatic rings. The number of benzene rings is 2. The maximum Gasteiger partial charge on any atom is 0.304 e. The molecule has 0 unspecified atom stereocenters. The third-order valence-corrected chi connectivity index (χ3v) is 4.89. The van der Waals surface area contributed by atoms with E-state index in [1.165, 1.54) is 24.3 Å². The van der Waals surface area contributed by atoms with Crippen LogP contribution in [0, 0.1) is 17.5 Å². The average Bonchev–Trinajstić information content (AvgIpc) is 2.52. The molecule has 0 saturated carbocycles. The van der Waals surface area contributed by atoms with Crippen molar-refractivity contribution in [2.24, 2.45) is 0 Å². The lowest BCUT2D eigenvalue weighted by atomic mass is 10.0. The highest BCUT2D eigenvalue weighted by Gasteiger charge is 2.24. The van der Waals surface area contributed by atoms with E-state index < -0.39 is 52.3 Å². The van der Waals surface area contributed by atoms with Crippen LogP contribution in [0.15, 0.2) is 47.4 Å². The van der Waals surface area contributed by atoms with E-state index >= 15 is 0 Å². The Kier molecular flexibility index (Phi) is 5.81. The third-order valence-electron chi connectivity index (χ3n) is 3.35. The van der Waals surface area contributed by atoms with Crippen molar-refractivity contribution < 1.29 is 31.5 Å². The Morgan fingerprint density at radius 2 is 1.64 bits per heavy atom. The molecule has 0 amide bonds. The second-order valence-electron chi connectivity index (χ2n) is 5.29. The molecule has 2 aromatic rings. The fraction of sp³-hybridized carbons (Fsp3) is 0.188. The minimum atomic E-state index is -4.06. The van der Waals surface area contributed by atoms with Crippen LogP contribution in [-0.4, -0.2) is 25.5 Å². The van der Waals surface area contributed by atoms with Crippen LogP contribution < -0.4 is 4.72 Å². The minimum Gasteiger partial charge on any atom is -0.481 e. The van der Waals surface area contributed by atoms with Gasteiger partial charge in [0.05, 0.1) is 11.3 Å². The largest absolute Gasteiger partial charge is 0.481 e. The number of carboxylic acids is 1. The van der Waals surface area contributed by atoms with Gasteiger partial charge in [-0.2, -0.15) is 0 Å². The molecule has 5 nitrogen and oxygen atoms in total. The highest BCUT2D eigenvalue weighted by Crippen LogP contribution is 2.18. The molecule has 0 spiro atoms. The standard InChI is InChI=1S/C16H14F3NO4S/c17-13-9-15(19)14(18)7-10(13)6-11(8-16(21)22)20-25(23,24)12-4-2-1-3-5-12/h1-5,7,9,11,20H,6,8H2,(H,21,22)/t11-/m0/s1. The van der Waals surface area contributed by atoms with E-state index in [-0.39, 0.29) is 10.5 Å². The maximum absolute atomic E-state index is 13.8. The van der Waals surface area contributed by atoms with Crippen molar-refractivity contribution in [1.29, 1.82) is 0 Å². The van der Waals surface area contributed by atoms with Gasteiger partial charge in [0.1, 0.15) is 5.82 Å². The molecule has 0 bridgehead atoms. The normalized spacial score (nSPS) is 12.8. The zero-order valence-electron chi connectivity index (χ0n) is 12.7. The molecule has 0 aromatic heterocycles. The van der Waals surface area contributed by atoms with Crippen LogP contribution in [0.25, 0.3) is 0 Å². The van der Waals surface area contributed by atoms with Crippen molar-refractivity contribution in [3.8, 4) is 0 Å². The molecule has 0 aliphatic heterocycles. The van der Waals surface area contributed by atoms with Gasteiger partial charge in [0.2, 0.25) is 10.0 Å². The lowest BCUT2D eigenvalue weighted by molar-refractivity contribution is -0.137. The number of halogens is 3. The van der Waals surface area contributed by atoms with Gasteiger partial charge in [-0.3, -0.25) is 4.79 Å². The molecule has 134 valence electrons. The first-order chi connectivity index (χ1) is 11.7. The lowest BCUT2D eigenvalue weighted by Gasteiger charge is -2.18. The molecule has 2 aromatic carbocycles. The first-order valence-corrected chi connectivity index (χ1v) is 8.60. The van der Waals surface area contributed by atoms with E-state index in [0.717, 1.165) is 0 Å². The van der Waals surface area contributed by atoms with Crippen molar-refractivity contribution >= 4 is 16.0 Å². The molecule has 0 aliphatic carbocycles. The van der Waals surface area contributed by atoms with E-state index in [1.54, 1.807) is 6.07 Å². The van der Waals surface area contributed by atoms with E-state index in [2.05, 4.69) is 4.72 Å². The first kappa shape index (κ1) is 18.9. The van der Waals surface area contributed by atoms with Crippen molar-refractivity contribution in [1.82, 2.24) is 4.72 Å². The van der Waals surface area contributed by atoms with Gasteiger partial charge in [-0.1, -0.05) is 18.2 Å². The predicted molar refractivity (Wildman–Crippen MR) is 82.8 cm³/mol. The molecule has 9 heteroatoms. The molecule has 0 saturated heterocycles. The summed E-state index contributed by atoms with van der Waals surface area (Å²) in [5.74, 6) is -5.12. The highest BCUT2D eigenvalue weighted by atomic mass is 32.2. The van der Waals surface area contributed by atoms with E-state index in [1.807, 2.05) is 0 Å². The van der Waals surface area contributed by atoms with Crippen molar-refractivity contribution in [3.05, 3.63) is 65.5 Å². The van der Waals surface area contributed by atoms with Gasteiger partial charge in [-0.25, -0.2) is 26.3 Å². The second-order valence-corrected chi connectivity index (χ2v) is 7.00. The van der Waals surface area contributed by atoms with Crippen molar-refractivity contribution in [2.45, 2.75) is 23.8 Å². The molecule has 0 fully saturated rings. The summed E-state index contributed by atoms with van der Waals surface area (Å²) in [7, 11) is -4.06. The van der Waals surface area contributed by atoms with Crippen LogP contribution in [0.4, 0.5) is 13.2 Å². The maximum atomic E-state index is 13.8. The molecule has 0 radical (unpaired) electrons. The summed E-state index contributed by atoms with van der Waals surface area (Å²) in [6, 6.07) is 6.83. The number of hydrogen-bond acceptors (Lipinski definition) is 3. The Morgan fingerprint density at radius 3 is 2.24 bits per heavy atom. The number of sulfonamides is 1. The topological polar surface area (TPSA) is 83.5 Å². The highest BCUT2D eigenvalue weighted by molar-refractivity contribution is 7.89. The molecule has 2 N–H and O–H groups in total. The number of carbonyl (C=O) groups is 1. The van der Waals surface area contributed by atoms with Gasteiger partial charge in [0, 0.05) is 12.1 Å². The smallest absolute Gasteiger partial charge is 0.304 e. The summed E-state index contributed by atoms with van der Waals surface area (Å²) in [6.07, 6.45) is -1.12. The number of aliphatic carboxylic acids is 1. The number of rotatable bonds is 7. The van der Waals surface area contributed by atoms with Crippen LogP contribution >= 0.6 is 0 Å². The predicted octanol–water partition coefficient (Wildman–Crippen LogP) is 2.47.